The molecule has 0 atom stereocenters. The van der Waals surface area contributed by atoms with Gasteiger partial charge in [-0.05, 0) is 49.2 Å². The highest BCUT2D eigenvalue weighted by Gasteiger charge is 2.21. The lowest BCUT2D eigenvalue weighted by Gasteiger charge is -2.12. The van der Waals surface area contributed by atoms with E-state index in [-0.39, 0.29) is 10.7 Å². The van der Waals surface area contributed by atoms with Crippen molar-refractivity contribution in [1.29, 1.82) is 0 Å². The van der Waals surface area contributed by atoms with Crippen molar-refractivity contribution in [2.75, 3.05) is 4.72 Å². The SMILES string of the molecule is Cc1cc(Br)cc(C)c1S(=O)(=O)Nc1cc(-c2cccnc2)[nH]n1. The lowest BCUT2D eigenvalue weighted by atomic mass is 10.2. The van der Waals surface area contributed by atoms with Crippen LogP contribution in [0.3, 0.4) is 0 Å². The van der Waals surface area contributed by atoms with Crippen LogP contribution in [0.4, 0.5) is 5.82 Å². The molecule has 1 aromatic carbocycles. The second kappa shape index (κ2) is 6.37. The fraction of sp³-hybridized carbons (Fsp3) is 0.125. The van der Waals surface area contributed by atoms with Crippen molar-refractivity contribution in [3.63, 3.8) is 0 Å². The second-order valence-corrected chi connectivity index (χ2v) is 7.92. The summed E-state index contributed by atoms with van der Waals surface area (Å²) in [6.45, 7) is 3.52. The van der Waals surface area contributed by atoms with Crippen LogP contribution in [0.5, 0.6) is 0 Å². The normalized spacial score (nSPS) is 11.5. The van der Waals surface area contributed by atoms with E-state index in [1.165, 1.54) is 0 Å². The molecule has 3 aromatic rings. The van der Waals surface area contributed by atoms with Crippen LogP contribution >= 0.6 is 15.9 Å². The molecule has 0 aliphatic carbocycles. The Bertz CT molecular complexity index is 961. The van der Waals surface area contributed by atoms with Crippen molar-refractivity contribution in [2.24, 2.45) is 0 Å². The van der Waals surface area contributed by atoms with Crippen LogP contribution in [-0.2, 0) is 10.0 Å². The molecule has 8 heteroatoms. The fourth-order valence-electron chi connectivity index (χ4n) is 2.55. The van der Waals surface area contributed by atoms with Gasteiger partial charge in [0.15, 0.2) is 5.82 Å². The zero-order valence-electron chi connectivity index (χ0n) is 13.0. The summed E-state index contributed by atoms with van der Waals surface area (Å²) in [5, 5.41) is 6.84. The number of pyridine rings is 1. The first-order valence-electron chi connectivity index (χ1n) is 7.12. The molecule has 0 spiro atoms. The predicted molar refractivity (Wildman–Crippen MR) is 96.2 cm³/mol. The van der Waals surface area contributed by atoms with E-state index in [1.54, 1.807) is 50.5 Å². The highest BCUT2D eigenvalue weighted by atomic mass is 79.9. The molecule has 0 aliphatic rings. The van der Waals surface area contributed by atoms with E-state index in [0.29, 0.717) is 16.8 Å². The number of nitrogens with one attached hydrogen (secondary N) is 2. The molecule has 0 saturated heterocycles. The molecule has 2 heterocycles. The van der Waals surface area contributed by atoms with Gasteiger partial charge in [-0.1, -0.05) is 15.9 Å². The number of hydrogen-bond acceptors (Lipinski definition) is 4. The molecule has 0 bridgehead atoms. The fourth-order valence-corrected chi connectivity index (χ4v) is 4.69. The molecule has 6 nitrogen and oxygen atoms in total. The van der Waals surface area contributed by atoms with Crippen molar-refractivity contribution >= 4 is 31.8 Å². The number of aryl methyl sites for hydroxylation is 2. The molecule has 0 amide bonds. The second-order valence-electron chi connectivity index (χ2n) is 5.38. The Kier molecular flexibility index (Phi) is 4.42. The lowest BCUT2D eigenvalue weighted by Crippen LogP contribution is -2.16. The van der Waals surface area contributed by atoms with Crippen molar-refractivity contribution in [3.05, 3.63) is 58.3 Å². The van der Waals surface area contributed by atoms with Gasteiger partial charge in [0.1, 0.15) is 0 Å². The standard InChI is InChI=1S/C16H15BrN4O2S/c1-10-6-13(17)7-11(2)16(10)24(22,23)21-15-8-14(19-20-15)12-4-3-5-18-9-12/h3-9H,1-2H3,(H2,19,20,21). The van der Waals surface area contributed by atoms with Gasteiger partial charge in [0.05, 0.1) is 10.6 Å². The minimum Gasteiger partial charge on any atom is -0.276 e. The third-order valence-electron chi connectivity index (χ3n) is 3.48. The average Bonchev–Trinajstić information content (AvgIpc) is 2.94. The number of H-pyrrole nitrogens is 1. The molecule has 2 aromatic heterocycles. The summed E-state index contributed by atoms with van der Waals surface area (Å²) in [4.78, 5) is 4.29. The van der Waals surface area contributed by atoms with Crippen LogP contribution in [-0.4, -0.2) is 23.6 Å². The molecule has 2 N–H and O–H groups in total. The number of nitrogens with zero attached hydrogens (tertiary/aromatic N) is 2. The smallest absolute Gasteiger partial charge is 0.263 e. The zero-order chi connectivity index (χ0) is 17.3. The lowest BCUT2D eigenvalue weighted by molar-refractivity contribution is 0.599. The third kappa shape index (κ3) is 3.34. The van der Waals surface area contributed by atoms with E-state index in [9.17, 15) is 8.42 Å². The number of halogens is 1. The van der Waals surface area contributed by atoms with Crippen molar-refractivity contribution < 1.29 is 8.42 Å². The summed E-state index contributed by atoms with van der Waals surface area (Å²) in [6.07, 6.45) is 3.34. The Morgan fingerprint density at radius 3 is 2.50 bits per heavy atom. The van der Waals surface area contributed by atoms with Crippen LogP contribution < -0.4 is 4.72 Å². The van der Waals surface area contributed by atoms with E-state index in [1.807, 2.05) is 6.07 Å². The molecular weight excluding hydrogens is 392 g/mol. The summed E-state index contributed by atoms with van der Waals surface area (Å²) in [6, 6.07) is 8.84. The van der Waals surface area contributed by atoms with E-state index in [0.717, 1.165) is 10.0 Å². The van der Waals surface area contributed by atoms with E-state index < -0.39 is 10.0 Å². The van der Waals surface area contributed by atoms with E-state index >= 15 is 0 Å². The number of aromatic amines is 1. The molecule has 3 rings (SSSR count). The summed E-state index contributed by atoms with van der Waals surface area (Å²) < 4.78 is 28.8. The van der Waals surface area contributed by atoms with Gasteiger partial charge in [0, 0.05) is 28.5 Å². The number of hydrogen-bond donors (Lipinski definition) is 2. The Labute approximate surface area is 148 Å². The number of aromatic nitrogens is 3. The van der Waals surface area contributed by atoms with E-state index in [2.05, 4.69) is 35.8 Å². The first-order valence-corrected chi connectivity index (χ1v) is 9.40. The number of sulfonamides is 1. The molecule has 0 unspecified atom stereocenters. The topological polar surface area (TPSA) is 87.7 Å². The number of benzene rings is 1. The molecule has 124 valence electrons. The van der Waals surface area contributed by atoms with Gasteiger partial charge >= 0.3 is 0 Å². The minimum atomic E-state index is -3.73. The number of rotatable bonds is 4. The van der Waals surface area contributed by atoms with Crippen molar-refractivity contribution in [1.82, 2.24) is 15.2 Å². The van der Waals surface area contributed by atoms with Crippen LogP contribution in [0, 0.1) is 13.8 Å². The van der Waals surface area contributed by atoms with Crippen LogP contribution in [0.15, 0.2) is 52.1 Å². The van der Waals surface area contributed by atoms with Gasteiger partial charge in [-0.3, -0.25) is 14.8 Å². The maximum absolute atomic E-state index is 12.7. The average molecular weight is 407 g/mol. The highest BCUT2D eigenvalue weighted by Crippen LogP contribution is 2.27. The molecule has 24 heavy (non-hydrogen) atoms. The van der Waals surface area contributed by atoms with Crippen LogP contribution in [0.2, 0.25) is 0 Å². The minimum absolute atomic E-state index is 0.232. The molecule has 0 aliphatic heterocycles. The summed E-state index contributed by atoms with van der Waals surface area (Å²) in [5.74, 6) is 0.232. The Hall–Kier alpha value is -2.19. The zero-order valence-corrected chi connectivity index (χ0v) is 15.4. The third-order valence-corrected chi connectivity index (χ3v) is 5.60. The maximum atomic E-state index is 12.7. The monoisotopic (exact) mass is 406 g/mol. The first kappa shape index (κ1) is 16.7. The van der Waals surface area contributed by atoms with Gasteiger partial charge < -0.3 is 0 Å². The summed E-state index contributed by atoms with van der Waals surface area (Å²) >= 11 is 3.37. The largest absolute Gasteiger partial charge is 0.276 e. The van der Waals surface area contributed by atoms with Gasteiger partial charge in [-0.15, -0.1) is 0 Å². The predicted octanol–water partition coefficient (Wildman–Crippen LogP) is 3.65. The Morgan fingerprint density at radius 2 is 1.88 bits per heavy atom. The molecule has 0 saturated carbocycles. The molecule has 0 radical (unpaired) electrons. The van der Waals surface area contributed by atoms with Crippen molar-refractivity contribution in [2.45, 2.75) is 18.7 Å². The van der Waals surface area contributed by atoms with Crippen LogP contribution in [0.1, 0.15) is 11.1 Å². The van der Waals surface area contributed by atoms with Gasteiger partial charge in [0.25, 0.3) is 10.0 Å². The van der Waals surface area contributed by atoms with Gasteiger partial charge in [-0.25, -0.2) is 8.42 Å². The van der Waals surface area contributed by atoms with Gasteiger partial charge in [0.2, 0.25) is 0 Å². The summed E-state index contributed by atoms with van der Waals surface area (Å²) in [7, 11) is -3.73. The first-order chi connectivity index (χ1) is 11.4. The number of anilines is 1. The Morgan fingerprint density at radius 1 is 1.17 bits per heavy atom. The quantitative estimate of drug-likeness (QED) is 0.691. The summed E-state index contributed by atoms with van der Waals surface area (Å²) in [5.41, 5.74) is 2.84. The maximum Gasteiger partial charge on any atom is 0.263 e. The molecular formula is C16H15BrN4O2S. The Balaban J connectivity index is 1.93. The van der Waals surface area contributed by atoms with E-state index in [4.69, 9.17) is 0 Å². The molecule has 0 fully saturated rings. The van der Waals surface area contributed by atoms with Gasteiger partial charge in [-0.2, -0.15) is 5.10 Å². The van der Waals surface area contributed by atoms with Crippen molar-refractivity contribution in [3.8, 4) is 11.3 Å². The highest BCUT2D eigenvalue weighted by molar-refractivity contribution is 9.10. The van der Waals surface area contributed by atoms with Crippen LogP contribution in [0.25, 0.3) is 11.3 Å².